The van der Waals surface area contributed by atoms with Crippen molar-refractivity contribution in [1.29, 1.82) is 0 Å². The summed E-state index contributed by atoms with van der Waals surface area (Å²) in [6.07, 6.45) is 3.76. The van der Waals surface area contributed by atoms with E-state index in [2.05, 4.69) is 32.7 Å². The molecule has 156 valence electrons. The number of hydrogen-bond donors (Lipinski definition) is 2. The van der Waals surface area contributed by atoms with Gasteiger partial charge in [-0.2, -0.15) is 0 Å². The molecule has 2 aromatic heterocycles. The van der Waals surface area contributed by atoms with Crippen LogP contribution in [0.4, 0.5) is 10.8 Å². The van der Waals surface area contributed by atoms with Crippen LogP contribution in [0, 0.1) is 0 Å². The summed E-state index contributed by atoms with van der Waals surface area (Å²) in [7, 11) is 3.57. The Morgan fingerprint density at radius 2 is 2.13 bits per heavy atom. The second kappa shape index (κ2) is 8.68. The van der Waals surface area contributed by atoms with E-state index in [0.29, 0.717) is 10.7 Å². The van der Waals surface area contributed by atoms with Crippen molar-refractivity contribution in [1.82, 2.24) is 14.9 Å². The minimum Gasteiger partial charge on any atom is -0.378 e. The summed E-state index contributed by atoms with van der Waals surface area (Å²) in [6.45, 7) is 1.65. The van der Waals surface area contributed by atoms with Gasteiger partial charge in [0.25, 0.3) is 5.91 Å². The Hall–Kier alpha value is -3.17. The zero-order chi connectivity index (χ0) is 21.1. The molecule has 2 amide bonds. The number of rotatable bonds is 7. The van der Waals surface area contributed by atoms with E-state index in [1.807, 2.05) is 24.6 Å². The summed E-state index contributed by atoms with van der Waals surface area (Å²) in [4.78, 5) is 31.0. The summed E-state index contributed by atoms with van der Waals surface area (Å²) in [5, 5.41) is 7.75. The second-order valence-corrected chi connectivity index (χ2v) is 8.01. The fourth-order valence-electron chi connectivity index (χ4n) is 3.19. The predicted molar refractivity (Wildman–Crippen MR) is 117 cm³/mol. The number of nitrogens with one attached hydrogen (secondary N) is 2. The molecular weight excluding hydrogens is 402 g/mol. The highest BCUT2D eigenvalue weighted by molar-refractivity contribution is 7.14. The Labute approximate surface area is 178 Å². The number of amides is 2. The lowest BCUT2D eigenvalue weighted by Crippen LogP contribution is -2.51. The number of anilines is 2. The van der Waals surface area contributed by atoms with Gasteiger partial charge in [-0.05, 0) is 18.2 Å². The lowest BCUT2D eigenvalue weighted by Gasteiger charge is -2.40. The van der Waals surface area contributed by atoms with Gasteiger partial charge < -0.3 is 24.8 Å². The summed E-state index contributed by atoms with van der Waals surface area (Å²) in [5.41, 5.74) is 3.43. The monoisotopic (exact) mass is 425 g/mol. The average molecular weight is 426 g/mol. The van der Waals surface area contributed by atoms with Crippen LogP contribution in [-0.4, -0.2) is 54.2 Å². The van der Waals surface area contributed by atoms with Gasteiger partial charge in [0.1, 0.15) is 0 Å². The number of hydrogen-bond acceptors (Lipinski definition) is 6. The van der Waals surface area contributed by atoms with E-state index in [-0.39, 0.29) is 24.5 Å². The van der Waals surface area contributed by atoms with Gasteiger partial charge in [0.05, 0.1) is 23.9 Å². The van der Waals surface area contributed by atoms with Crippen molar-refractivity contribution >= 4 is 34.0 Å². The van der Waals surface area contributed by atoms with Crippen LogP contribution in [-0.2, 0) is 16.6 Å². The molecular formula is C21H23N5O3S. The molecule has 1 aromatic carbocycles. The van der Waals surface area contributed by atoms with Gasteiger partial charge in [-0.15, -0.1) is 11.3 Å². The smallest absolute Gasteiger partial charge is 0.253 e. The Balaban J connectivity index is 1.33. The van der Waals surface area contributed by atoms with E-state index in [0.717, 1.165) is 30.0 Å². The Morgan fingerprint density at radius 1 is 1.30 bits per heavy atom. The highest BCUT2D eigenvalue weighted by Gasteiger charge is 2.26. The van der Waals surface area contributed by atoms with E-state index >= 15 is 0 Å². The quantitative estimate of drug-likeness (QED) is 0.607. The van der Waals surface area contributed by atoms with Gasteiger partial charge in [0.15, 0.2) is 5.13 Å². The molecule has 1 fully saturated rings. The number of carbonyl (C=O) groups excluding carboxylic acids is 2. The van der Waals surface area contributed by atoms with Gasteiger partial charge in [-0.1, -0.05) is 12.1 Å². The molecule has 1 aliphatic rings. The summed E-state index contributed by atoms with van der Waals surface area (Å²) >= 11 is 1.35. The molecule has 0 unspecified atom stereocenters. The van der Waals surface area contributed by atoms with Crippen LogP contribution in [0.3, 0.4) is 0 Å². The topological polar surface area (TPSA) is 88.5 Å². The van der Waals surface area contributed by atoms with Crippen molar-refractivity contribution in [3.8, 4) is 11.3 Å². The number of aromatic nitrogens is 2. The zero-order valence-corrected chi connectivity index (χ0v) is 17.6. The molecule has 3 heterocycles. The van der Waals surface area contributed by atoms with Crippen LogP contribution < -0.4 is 15.5 Å². The van der Waals surface area contributed by atoms with Crippen LogP contribution in [0.1, 0.15) is 10.4 Å². The molecule has 1 saturated heterocycles. The van der Waals surface area contributed by atoms with Crippen LogP contribution >= 0.6 is 11.3 Å². The third-order valence-corrected chi connectivity index (χ3v) is 5.70. The van der Waals surface area contributed by atoms with Crippen molar-refractivity contribution in [2.75, 3.05) is 37.0 Å². The van der Waals surface area contributed by atoms with Crippen molar-refractivity contribution in [3.05, 3.63) is 53.7 Å². The SMILES string of the molecule is COC1CN(c2cccc(-c3csc(NC(=O)CNC(=O)c4ccn(C)c4)n3)c2)C1. The molecule has 4 rings (SSSR count). The fraction of sp³-hybridized carbons (Fsp3) is 0.286. The molecule has 0 spiro atoms. The van der Waals surface area contributed by atoms with Gasteiger partial charge in [0.2, 0.25) is 5.91 Å². The molecule has 0 saturated carbocycles. The first-order valence-electron chi connectivity index (χ1n) is 9.55. The van der Waals surface area contributed by atoms with Gasteiger partial charge in [-0.3, -0.25) is 9.59 Å². The maximum absolute atomic E-state index is 12.2. The number of methoxy groups -OCH3 is 1. The average Bonchev–Trinajstić information content (AvgIpc) is 3.35. The van der Waals surface area contributed by atoms with E-state index in [4.69, 9.17) is 4.74 Å². The molecule has 2 N–H and O–H groups in total. The van der Waals surface area contributed by atoms with E-state index in [1.165, 1.54) is 11.3 Å². The molecule has 0 radical (unpaired) electrons. The molecule has 3 aromatic rings. The number of carbonyl (C=O) groups is 2. The lowest BCUT2D eigenvalue weighted by atomic mass is 10.1. The number of ether oxygens (including phenoxy) is 1. The molecule has 0 atom stereocenters. The number of nitrogens with zero attached hydrogens (tertiary/aromatic N) is 3. The van der Waals surface area contributed by atoms with Crippen molar-refractivity contribution < 1.29 is 14.3 Å². The second-order valence-electron chi connectivity index (χ2n) is 7.15. The van der Waals surface area contributed by atoms with Crippen molar-refractivity contribution in [3.63, 3.8) is 0 Å². The predicted octanol–water partition coefficient (Wildman–Crippen LogP) is 2.35. The Bertz CT molecular complexity index is 1050. The molecule has 9 heteroatoms. The molecule has 30 heavy (non-hydrogen) atoms. The van der Waals surface area contributed by atoms with Crippen molar-refractivity contribution in [2.24, 2.45) is 7.05 Å². The van der Waals surface area contributed by atoms with Crippen LogP contribution in [0.15, 0.2) is 48.1 Å². The third kappa shape index (κ3) is 4.52. The number of thiazole rings is 1. The normalized spacial score (nSPS) is 13.7. The van der Waals surface area contributed by atoms with Gasteiger partial charge in [0, 0.05) is 56.3 Å². The molecule has 0 aliphatic carbocycles. The largest absolute Gasteiger partial charge is 0.378 e. The maximum atomic E-state index is 12.2. The number of aryl methyl sites for hydroxylation is 1. The van der Waals surface area contributed by atoms with Crippen LogP contribution in [0.25, 0.3) is 11.3 Å². The summed E-state index contributed by atoms with van der Waals surface area (Å²) in [5.74, 6) is -0.607. The minimum atomic E-state index is -0.319. The summed E-state index contributed by atoms with van der Waals surface area (Å²) < 4.78 is 7.11. The first-order chi connectivity index (χ1) is 14.5. The van der Waals surface area contributed by atoms with E-state index < -0.39 is 0 Å². The van der Waals surface area contributed by atoms with Crippen LogP contribution in [0.2, 0.25) is 0 Å². The van der Waals surface area contributed by atoms with E-state index in [9.17, 15) is 9.59 Å². The minimum absolute atomic E-state index is 0.117. The van der Waals surface area contributed by atoms with Gasteiger partial charge >= 0.3 is 0 Å². The first kappa shape index (κ1) is 20.1. The Kier molecular flexibility index (Phi) is 5.82. The number of benzene rings is 1. The van der Waals surface area contributed by atoms with Crippen molar-refractivity contribution in [2.45, 2.75) is 6.10 Å². The Morgan fingerprint density at radius 3 is 2.87 bits per heavy atom. The van der Waals surface area contributed by atoms with E-state index in [1.54, 1.807) is 30.1 Å². The highest BCUT2D eigenvalue weighted by atomic mass is 32.1. The first-order valence-corrected chi connectivity index (χ1v) is 10.4. The standard InChI is InChI=1S/C21H23N5O3S/c1-25-7-6-15(10-25)20(28)22-9-19(27)24-21-23-18(13-30-21)14-4-3-5-16(8-14)26-11-17(12-26)29-2/h3-8,10,13,17H,9,11-12H2,1-2H3,(H,22,28)(H,23,24,27). The maximum Gasteiger partial charge on any atom is 0.253 e. The highest BCUT2D eigenvalue weighted by Crippen LogP contribution is 2.30. The lowest BCUT2D eigenvalue weighted by molar-refractivity contribution is -0.115. The van der Waals surface area contributed by atoms with Gasteiger partial charge in [-0.25, -0.2) is 4.98 Å². The van der Waals surface area contributed by atoms with Crippen LogP contribution in [0.5, 0.6) is 0 Å². The third-order valence-electron chi connectivity index (χ3n) is 4.94. The molecule has 1 aliphatic heterocycles. The molecule has 0 bridgehead atoms. The molecule has 8 nitrogen and oxygen atoms in total. The zero-order valence-electron chi connectivity index (χ0n) is 16.8. The fourth-order valence-corrected chi connectivity index (χ4v) is 3.92. The summed E-state index contributed by atoms with van der Waals surface area (Å²) in [6, 6.07) is 9.86.